The van der Waals surface area contributed by atoms with Gasteiger partial charge in [0.1, 0.15) is 17.2 Å². The summed E-state index contributed by atoms with van der Waals surface area (Å²) in [7, 11) is 3.12. The molecule has 1 heterocycles. The van der Waals surface area contributed by atoms with Crippen LogP contribution in [0.15, 0.2) is 47.0 Å². The normalized spacial score (nSPS) is 10.4. The van der Waals surface area contributed by atoms with E-state index in [9.17, 15) is 4.79 Å². The monoisotopic (exact) mass is 356 g/mol. The van der Waals surface area contributed by atoms with E-state index < -0.39 is 5.97 Å². The molecule has 3 rings (SSSR count). The third kappa shape index (κ3) is 3.75. The topological polar surface area (TPSA) is 104 Å². The molecule has 0 fully saturated rings. The maximum Gasteiger partial charge on any atom is 0.335 e. The molecule has 0 unspecified atom stereocenters. The number of aromatic nitrogens is 2. The van der Waals surface area contributed by atoms with E-state index >= 15 is 0 Å². The van der Waals surface area contributed by atoms with Crippen molar-refractivity contribution in [2.75, 3.05) is 14.2 Å². The van der Waals surface area contributed by atoms with E-state index in [1.165, 1.54) is 12.1 Å². The van der Waals surface area contributed by atoms with Gasteiger partial charge in [-0.05, 0) is 36.4 Å². The van der Waals surface area contributed by atoms with Crippen LogP contribution in [0.2, 0.25) is 0 Å². The molecule has 0 atom stereocenters. The van der Waals surface area contributed by atoms with Gasteiger partial charge in [0.05, 0.1) is 25.3 Å². The van der Waals surface area contributed by atoms with Crippen molar-refractivity contribution in [2.24, 2.45) is 0 Å². The first-order valence-corrected chi connectivity index (χ1v) is 7.62. The minimum Gasteiger partial charge on any atom is -0.497 e. The summed E-state index contributed by atoms with van der Waals surface area (Å²) in [6.45, 7) is 0.0535. The van der Waals surface area contributed by atoms with E-state index in [-0.39, 0.29) is 18.1 Å². The van der Waals surface area contributed by atoms with Gasteiger partial charge in [0, 0.05) is 6.07 Å². The molecular weight excluding hydrogens is 340 g/mol. The first kappa shape index (κ1) is 17.3. The zero-order valence-electron chi connectivity index (χ0n) is 14.1. The fourth-order valence-electron chi connectivity index (χ4n) is 2.24. The molecule has 0 aliphatic rings. The Morgan fingerprint density at radius 2 is 1.81 bits per heavy atom. The number of hydrogen-bond acceptors (Lipinski definition) is 7. The lowest BCUT2D eigenvalue weighted by molar-refractivity contribution is 0.0697. The van der Waals surface area contributed by atoms with Crippen molar-refractivity contribution in [2.45, 2.75) is 6.61 Å². The number of benzene rings is 2. The van der Waals surface area contributed by atoms with Gasteiger partial charge in [0.15, 0.2) is 6.61 Å². The molecule has 0 aliphatic heterocycles. The van der Waals surface area contributed by atoms with Gasteiger partial charge in [0.2, 0.25) is 5.82 Å². The van der Waals surface area contributed by atoms with E-state index in [0.717, 1.165) is 0 Å². The number of rotatable bonds is 7. The van der Waals surface area contributed by atoms with E-state index in [2.05, 4.69) is 10.1 Å². The second-order valence-electron chi connectivity index (χ2n) is 5.20. The standard InChI is InChI=1S/C18H16N2O6/c1-23-13-7-8-14(15(9-13)24-2)17-19-16(26-20-17)10-25-12-5-3-11(4-6-12)18(21)22/h3-9H,10H2,1-2H3,(H,21,22). The van der Waals surface area contributed by atoms with E-state index in [4.69, 9.17) is 23.8 Å². The van der Waals surface area contributed by atoms with Gasteiger partial charge in [-0.25, -0.2) is 4.79 Å². The maximum absolute atomic E-state index is 10.8. The van der Waals surface area contributed by atoms with Gasteiger partial charge in [-0.15, -0.1) is 0 Å². The van der Waals surface area contributed by atoms with E-state index in [1.54, 1.807) is 44.6 Å². The van der Waals surface area contributed by atoms with Crippen LogP contribution in [0.1, 0.15) is 16.2 Å². The first-order valence-electron chi connectivity index (χ1n) is 7.62. The minimum atomic E-state index is -0.994. The fourth-order valence-corrected chi connectivity index (χ4v) is 2.24. The molecule has 1 N–H and O–H groups in total. The number of ether oxygens (including phenoxy) is 3. The summed E-state index contributed by atoms with van der Waals surface area (Å²) in [6, 6.07) is 11.3. The summed E-state index contributed by atoms with van der Waals surface area (Å²) < 4.78 is 21.2. The molecule has 0 saturated heterocycles. The predicted molar refractivity (Wildman–Crippen MR) is 90.6 cm³/mol. The summed E-state index contributed by atoms with van der Waals surface area (Å²) in [5.41, 5.74) is 0.845. The number of aromatic carboxylic acids is 1. The van der Waals surface area contributed by atoms with Crippen LogP contribution in [-0.4, -0.2) is 35.4 Å². The molecule has 0 amide bonds. The highest BCUT2D eigenvalue weighted by molar-refractivity contribution is 5.87. The first-order chi connectivity index (χ1) is 12.6. The van der Waals surface area contributed by atoms with Crippen LogP contribution in [0.4, 0.5) is 0 Å². The van der Waals surface area contributed by atoms with Crippen molar-refractivity contribution in [3.8, 4) is 28.6 Å². The van der Waals surface area contributed by atoms with Crippen molar-refractivity contribution >= 4 is 5.97 Å². The highest BCUT2D eigenvalue weighted by Crippen LogP contribution is 2.31. The molecule has 2 aromatic carbocycles. The van der Waals surface area contributed by atoms with Crippen LogP contribution in [0, 0.1) is 0 Å². The number of methoxy groups -OCH3 is 2. The van der Waals surface area contributed by atoms with Crippen LogP contribution in [0.3, 0.4) is 0 Å². The highest BCUT2D eigenvalue weighted by atomic mass is 16.5. The Hall–Kier alpha value is -3.55. The summed E-state index contributed by atoms with van der Waals surface area (Å²) in [5, 5.41) is 12.8. The summed E-state index contributed by atoms with van der Waals surface area (Å²) in [5.74, 6) is 1.36. The number of carboxylic acid groups (broad SMARTS) is 1. The lowest BCUT2D eigenvalue weighted by Crippen LogP contribution is -1.98. The third-order valence-electron chi connectivity index (χ3n) is 3.58. The number of nitrogens with zero attached hydrogens (tertiary/aromatic N) is 2. The van der Waals surface area contributed by atoms with Crippen molar-refractivity contribution in [3.05, 3.63) is 53.9 Å². The van der Waals surface area contributed by atoms with Crippen molar-refractivity contribution in [3.63, 3.8) is 0 Å². The molecule has 0 saturated carbocycles. The van der Waals surface area contributed by atoms with Gasteiger partial charge in [-0.2, -0.15) is 4.98 Å². The van der Waals surface area contributed by atoms with Crippen molar-refractivity contribution in [1.82, 2.24) is 10.1 Å². The van der Waals surface area contributed by atoms with Gasteiger partial charge in [0.25, 0.3) is 5.89 Å². The number of carboxylic acids is 1. The average molecular weight is 356 g/mol. The van der Waals surface area contributed by atoms with Crippen molar-refractivity contribution in [1.29, 1.82) is 0 Å². The SMILES string of the molecule is COc1ccc(-c2noc(COc3ccc(C(=O)O)cc3)n2)c(OC)c1. The smallest absolute Gasteiger partial charge is 0.335 e. The largest absolute Gasteiger partial charge is 0.497 e. The molecule has 26 heavy (non-hydrogen) atoms. The molecular formula is C18H16N2O6. The Morgan fingerprint density at radius 3 is 2.46 bits per heavy atom. The van der Waals surface area contributed by atoms with E-state index in [1.807, 2.05) is 0 Å². The van der Waals surface area contributed by atoms with Crippen molar-refractivity contribution < 1.29 is 28.6 Å². The molecule has 0 aliphatic carbocycles. The van der Waals surface area contributed by atoms with Gasteiger partial charge in [-0.1, -0.05) is 5.16 Å². The number of carbonyl (C=O) groups is 1. The van der Waals surface area contributed by atoms with Gasteiger partial charge in [-0.3, -0.25) is 0 Å². The van der Waals surface area contributed by atoms with Crippen LogP contribution < -0.4 is 14.2 Å². The summed E-state index contributed by atoms with van der Waals surface area (Å²) in [6.07, 6.45) is 0. The van der Waals surface area contributed by atoms with Crippen LogP contribution in [-0.2, 0) is 6.61 Å². The number of hydrogen-bond donors (Lipinski definition) is 1. The molecule has 8 nitrogen and oxygen atoms in total. The molecule has 0 spiro atoms. The van der Waals surface area contributed by atoms with E-state index in [0.29, 0.717) is 28.6 Å². The Kier molecular flexibility index (Phi) is 5.02. The quantitative estimate of drug-likeness (QED) is 0.689. The minimum absolute atomic E-state index is 0.0535. The van der Waals surface area contributed by atoms with Gasteiger partial charge >= 0.3 is 5.97 Å². The molecule has 134 valence electrons. The van der Waals surface area contributed by atoms with Crippen LogP contribution >= 0.6 is 0 Å². The summed E-state index contributed by atoms with van der Waals surface area (Å²) in [4.78, 5) is 15.1. The lowest BCUT2D eigenvalue weighted by atomic mass is 10.2. The highest BCUT2D eigenvalue weighted by Gasteiger charge is 2.14. The van der Waals surface area contributed by atoms with Crippen LogP contribution in [0.5, 0.6) is 17.2 Å². The zero-order chi connectivity index (χ0) is 18.5. The van der Waals surface area contributed by atoms with Crippen LogP contribution in [0.25, 0.3) is 11.4 Å². The Balaban J connectivity index is 1.71. The zero-order valence-corrected chi connectivity index (χ0v) is 14.1. The lowest BCUT2D eigenvalue weighted by Gasteiger charge is -2.07. The fraction of sp³-hybridized carbons (Fsp3) is 0.167. The molecule has 0 bridgehead atoms. The average Bonchev–Trinajstić information content (AvgIpc) is 3.15. The molecule has 3 aromatic rings. The predicted octanol–water partition coefficient (Wildman–Crippen LogP) is 3.03. The maximum atomic E-state index is 10.8. The molecule has 1 aromatic heterocycles. The Bertz CT molecular complexity index is 904. The Morgan fingerprint density at radius 1 is 1.08 bits per heavy atom. The molecule has 8 heteroatoms. The van der Waals surface area contributed by atoms with Gasteiger partial charge < -0.3 is 23.8 Å². The third-order valence-corrected chi connectivity index (χ3v) is 3.58. The second kappa shape index (κ2) is 7.56. The Labute approximate surface area is 148 Å². The molecule has 0 radical (unpaired) electrons. The summed E-state index contributed by atoms with van der Waals surface area (Å²) >= 11 is 0. The second-order valence-corrected chi connectivity index (χ2v) is 5.20.